The van der Waals surface area contributed by atoms with Crippen molar-refractivity contribution in [2.24, 2.45) is 0 Å². The lowest BCUT2D eigenvalue weighted by atomic mass is 10.2. The molecule has 0 atom stereocenters. The Hall–Kier alpha value is -0.580. The highest BCUT2D eigenvalue weighted by atomic mass is 79.9. The highest BCUT2D eigenvalue weighted by molar-refractivity contribution is 9.10. The van der Waals surface area contributed by atoms with Gasteiger partial charge in [0.15, 0.2) is 0 Å². The van der Waals surface area contributed by atoms with Crippen LogP contribution in [0.3, 0.4) is 0 Å². The van der Waals surface area contributed by atoms with Crippen LogP contribution in [0.4, 0.5) is 0 Å². The monoisotopic (exact) mass is 389 g/mol. The van der Waals surface area contributed by atoms with Crippen LogP contribution in [0, 0.1) is 0 Å². The van der Waals surface area contributed by atoms with Gasteiger partial charge in [-0.05, 0) is 46.3 Å². The molecule has 0 bridgehead atoms. The Morgan fingerprint density at radius 1 is 1.11 bits per heavy atom. The summed E-state index contributed by atoms with van der Waals surface area (Å²) in [5.41, 5.74) is 1.84. The smallest absolute Gasteiger partial charge is 0.130 e. The maximum Gasteiger partial charge on any atom is 0.130 e. The molecule has 0 unspecified atom stereocenters. The normalized spacial score (nSPS) is 10.4. The number of rotatable bonds is 4. The SMILES string of the molecule is ClCc1cc(Br)ccc1OCc1ccc(Br)cn1. The predicted octanol–water partition coefficient (Wildman–Crippen LogP) is 4.92. The van der Waals surface area contributed by atoms with Crippen LogP contribution in [0.25, 0.3) is 0 Å². The first-order valence-electron chi connectivity index (χ1n) is 5.26. The molecular formula is C13H10Br2ClNO. The standard InChI is InChI=1S/C13H10Br2ClNO/c14-10-2-4-13(9(5-10)6-16)18-8-12-3-1-11(15)7-17-12/h1-5,7H,6,8H2. The zero-order chi connectivity index (χ0) is 13.0. The van der Waals surface area contributed by atoms with Gasteiger partial charge in [-0.25, -0.2) is 0 Å². The highest BCUT2D eigenvalue weighted by Gasteiger charge is 2.04. The number of alkyl halides is 1. The quantitative estimate of drug-likeness (QED) is 0.690. The summed E-state index contributed by atoms with van der Waals surface area (Å²) in [6.07, 6.45) is 1.75. The molecule has 0 fully saturated rings. The Morgan fingerprint density at radius 2 is 1.89 bits per heavy atom. The van der Waals surface area contributed by atoms with Crippen LogP contribution in [0.15, 0.2) is 45.5 Å². The second-order valence-electron chi connectivity index (χ2n) is 3.64. The Bertz CT molecular complexity index is 531. The Morgan fingerprint density at radius 3 is 2.56 bits per heavy atom. The summed E-state index contributed by atoms with van der Waals surface area (Å²) in [6, 6.07) is 9.65. The lowest BCUT2D eigenvalue weighted by molar-refractivity contribution is 0.299. The molecule has 0 spiro atoms. The van der Waals surface area contributed by atoms with E-state index in [1.165, 1.54) is 0 Å². The first-order chi connectivity index (χ1) is 8.69. The number of benzene rings is 1. The van der Waals surface area contributed by atoms with Crippen LogP contribution in [0.2, 0.25) is 0 Å². The molecule has 0 radical (unpaired) electrons. The molecular weight excluding hydrogens is 381 g/mol. The minimum Gasteiger partial charge on any atom is -0.487 e. The maximum atomic E-state index is 5.88. The van der Waals surface area contributed by atoms with Gasteiger partial charge in [0.25, 0.3) is 0 Å². The highest BCUT2D eigenvalue weighted by Crippen LogP contribution is 2.25. The molecule has 0 N–H and O–H groups in total. The van der Waals surface area contributed by atoms with Gasteiger partial charge in [-0.3, -0.25) is 4.98 Å². The van der Waals surface area contributed by atoms with Gasteiger partial charge in [0, 0.05) is 20.7 Å². The summed E-state index contributed by atoms with van der Waals surface area (Å²) in [5, 5.41) is 0. The fourth-order valence-corrected chi connectivity index (χ4v) is 2.29. The predicted molar refractivity (Wildman–Crippen MR) is 80.0 cm³/mol. The van der Waals surface area contributed by atoms with Crippen molar-refractivity contribution in [3.63, 3.8) is 0 Å². The molecule has 0 amide bonds. The summed E-state index contributed by atoms with van der Waals surface area (Å²) < 4.78 is 7.67. The van der Waals surface area contributed by atoms with Crippen molar-refractivity contribution in [1.82, 2.24) is 4.98 Å². The van der Waals surface area contributed by atoms with E-state index in [2.05, 4.69) is 36.8 Å². The third-order valence-corrected chi connectivity index (χ3v) is 3.58. The van der Waals surface area contributed by atoms with E-state index in [9.17, 15) is 0 Å². The fourth-order valence-electron chi connectivity index (χ4n) is 1.44. The van der Waals surface area contributed by atoms with E-state index in [0.717, 1.165) is 26.0 Å². The topological polar surface area (TPSA) is 22.1 Å². The van der Waals surface area contributed by atoms with E-state index < -0.39 is 0 Å². The lowest BCUT2D eigenvalue weighted by Gasteiger charge is -2.10. The Kier molecular flexibility index (Phi) is 5.03. The largest absolute Gasteiger partial charge is 0.487 e. The number of pyridine rings is 1. The van der Waals surface area contributed by atoms with E-state index >= 15 is 0 Å². The zero-order valence-corrected chi connectivity index (χ0v) is 13.3. The van der Waals surface area contributed by atoms with Crippen LogP contribution in [0.5, 0.6) is 5.75 Å². The summed E-state index contributed by atoms with van der Waals surface area (Å²) in [5.74, 6) is 1.21. The molecule has 0 aliphatic heterocycles. The van der Waals surface area contributed by atoms with Crippen molar-refractivity contribution in [2.45, 2.75) is 12.5 Å². The molecule has 2 nitrogen and oxygen atoms in total. The van der Waals surface area contributed by atoms with E-state index in [1.807, 2.05) is 30.3 Å². The maximum absolute atomic E-state index is 5.88. The molecule has 0 aliphatic carbocycles. The zero-order valence-electron chi connectivity index (χ0n) is 9.37. The minimum absolute atomic E-state index is 0.419. The number of ether oxygens (including phenoxy) is 1. The van der Waals surface area contributed by atoms with E-state index in [4.69, 9.17) is 16.3 Å². The molecule has 0 saturated carbocycles. The van der Waals surface area contributed by atoms with Gasteiger partial charge in [0.1, 0.15) is 12.4 Å². The number of halogens is 3. The van der Waals surface area contributed by atoms with Crippen molar-refractivity contribution >= 4 is 43.5 Å². The number of nitrogens with zero attached hydrogens (tertiary/aromatic N) is 1. The third kappa shape index (κ3) is 3.70. The Labute approximate surface area is 128 Å². The molecule has 1 aromatic heterocycles. The van der Waals surface area contributed by atoms with E-state index in [-0.39, 0.29) is 0 Å². The van der Waals surface area contributed by atoms with Gasteiger partial charge in [-0.2, -0.15) is 0 Å². The minimum atomic E-state index is 0.419. The van der Waals surface area contributed by atoms with Gasteiger partial charge in [-0.15, -0.1) is 11.6 Å². The summed E-state index contributed by atoms with van der Waals surface area (Å²) >= 11 is 12.6. The molecule has 0 aliphatic rings. The van der Waals surface area contributed by atoms with Crippen molar-refractivity contribution in [2.75, 3.05) is 0 Å². The molecule has 2 aromatic rings. The van der Waals surface area contributed by atoms with E-state index in [1.54, 1.807) is 6.20 Å². The fraction of sp³-hybridized carbons (Fsp3) is 0.154. The van der Waals surface area contributed by atoms with Crippen LogP contribution in [-0.4, -0.2) is 4.98 Å². The van der Waals surface area contributed by atoms with Crippen molar-refractivity contribution in [1.29, 1.82) is 0 Å². The molecule has 1 aromatic carbocycles. The van der Waals surface area contributed by atoms with Crippen molar-refractivity contribution in [3.8, 4) is 5.75 Å². The van der Waals surface area contributed by atoms with Crippen LogP contribution in [0.1, 0.15) is 11.3 Å². The first kappa shape index (κ1) is 13.8. The van der Waals surface area contributed by atoms with Gasteiger partial charge >= 0.3 is 0 Å². The first-order valence-corrected chi connectivity index (χ1v) is 7.38. The van der Waals surface area contributed by atoms with Gasteiger partial charge in [0.2, 0.25) is 0 Å². The lowest BCUT2D eigenvalue weighted by Crippen LogP contribution is -1.99. The number of aromatic nitrogens is 1. The van der Waals surface area contributed by atoms with Crippen LogP contribution in [-0.2, 0) is 12.5 Å². The molecule has 2 rings (SSSR count). The average Bonchev–Trinajstić information content (AvgIpc) is 2.39. The van der Waals surface area contributed by atoms with Gasteiger partial charge in [0.05, 0.1) is 11.6 Å². The van der Waals surface area contributed by atoms with Gasteiger partial charge < -0.3 is 4.74 Å². The molecule has 5 heteroatoms. The second kappa shape index (κ2) is 6.55. The van der Waals surface area contributed by atoms with Crippen molar-refractivity contribution in [3.05, 3.63) is 56.7 Å². The van der Waals surface area contributed by atoms with Gasteiger partial charge in [-0.1, -0.05) is 15.9 Å². The summed E-state index contributed by atoms with van der Waals surface area (Å²) in [6.45, 7) is 0.429. The molecule has 0 saturated heterocycles. The molecule has 94 valence electrons. The molecule has 18 heavy (non-hydrogen) atoms. The van der Waals surface area contributed by atoms with Crippen LogP contribution >= 0.6 is 43.5 Å². The number of hydrogen-bond acceptors (Lipinski definition) is 2. The third-order valence-electron chi connectivity index (χ3n) is 2.33. The van der Waals surface area contributed by atoms with E-state index in [0.29, 0.717) is 12.5 Å². The van der Waals surface area contributed by atoms with Crippen LogP contribution < -0.4 is 4.74 Å². The van der Waals surface area contributed by atoms with Crippen molar-refractivity contribution < 1.29 is 4.74 Å². The average molecular weight is 391 g/mol. The second-order valence-corrected chi connectivity index (χ2v) is 5.74. The number of hydrogen-bond donors (Lipinski definition) is 0. The molecule has 1 heterocycles. The Balaban J connectivity index is 2.08. The summed E-state index contributed by atoms with van der Waals surface area (Å²) in [4.78, 5) is 4.25. The summed E-state index contributed by atoms with van der Waals surface area (Å²) in [7, 11) is 0.